The van der Waals surface area contributed by atoms with E-state index in [0.717, 1.165) is 39.7 Å². The van der Waals surface area contributed by atoms with Crippen LogP contribution in [-0.4, -0.2) is 21.5 Å². The molecule has 4 N–H and O–H groups in total. The predicted molar refractivity (Wildman–Crippen MR) is 145 cm³/mol. The average Bonchev–Trinajstić information content (AvgIpc) is 2.85. The predicted octanol–water partition coefficient (Wildman–Crippen LogP) is 5.46. The van der Waals surface area contributed by atoms with Gasteiger partial charge in [0.25, 0.3) is 0 Å². The smallest absolute Gasteiger partial charge is 0.231 e. The second-order valence-corrected chi connectivity index (χ2v) is 10.7. The molecule has 2 aromatic carbocycles. The van der Waals surface area contributed by atoms with Gasteiger partial charge in [-0.05, 0) is 31.5 Å². The molecule has 0 radical (unpaired) electrons. The number of para-hydroxylation sites is 1. The molecular formula is C28H30N4O3S. The number of rotatable bonds is 7. The number of nitrogens with two attached hydrogens (primary N) is 1. The molecule has 1 aliphatic heterocycles. The Labute approximate surface area is 215 Å². The molecule has 0 bridgehead atoms. The zero-order valence-corrected chi connectivity index (χ0v) is 21.6. The van der Waals surface area contributed by atoms with Gasteiger partial charge in [0.05, 0.1) is 27.3 Å². The van der Waals surface area contributed by atoms with Gasteiger partial charge in [-0.15, -0.1) is 0 Å². The maximum absolute atomic E-state index is 13.4. The molecule has 0 spiro atoms. The zero-order chi connectivity index (χ0) is 26.1. The van der Waals surface area contributed by atoms with Crippen LogP contribution >= 0.6 is 11.8 Å². The molecule has 0 unspecified atom stereocenters. The van der Waals surface area contributed by atoms with Crippen LogP contribution in [0.5, 0.6) is 11.6 Å². The van der Waals surface area contributed by atoms with Gasteiger partial charge in [-0.1, -0.05) is 80.7 Å². The second-order valence-electron chi connectivity index (χ2n) is 9.77. The molecule has 1 aliphatic rings. The largest absolute Gasteiger partial charge is 0.438 e. The lowest BCUT2D eigenvalue weighted by molar-refractivity contribution is -0.129. The van der Waals surface area contributed by atoms with Crippen LogP contribution in [0.4, 0.5) is 0 Å². The number of aliphatic hydroxyl groups is 1. The van der Waals surface area contributed by atoms with E-state index >= 15 is 0 Å². The van der Waals surface area contributed by atoms with E-state index in [1.165, 1.54) is 5.55 Å². The van der Waals surface area contributed by atoms with Gasteiger partial charge in [0.2, 0.25) is 11.8 Å². The van der Waals surface area contributed by atoms with Gasteiger partial charge in [0, 0.05) is 22.6 Å². The monoisotopic (exact) mass is 502 g/mol. The van der Waals surface area contributed by atoms with E-state index < -0.39 is 11.0 Å². The third-order valence-corrected chi connectivity index (χ3v) is 6.95. The Morgan fingerprint density at radius 2 is 1.81 bits per heavy atom. The fourth-order valence-corrected chi connectivity index (χ4v) is 4.71. The van der Waals surface area contributed by atoms with Crippen molar-refractivity contribution in [2.24, 2.45) is 16.4 Å². The first-order valence-corrected chi connectivity index (χ1v) is 12.4. The maximum Gasteiger partial charge on any atom is 0.231 e. The summed E-state index contributed by atoms with van der Waals surface area (Å²) in [5, 5.41) is 17.0. The lowest BCUT2D eigenvalue weighted by atomic mass is 9.69. The Hall–Kier alpha value is -3.62. The van der Waals surface area contributed by atoms with Gasteiger partial charge in [-0.3, -0.25) is 4.79 Å². The number of nitrogens with zero attached hydrogens (tertiary/aromatic N) is 2. The van der Waals surface area contributed by atoms with Crippen molar-refractivity contribution < 1.29 is 14.6 Å². The normalized spacial score (nSPS) is 15.1. The molecule has 1 atom stereocenters. The number of benzene rings is 2. The van der Waals surface area contributed by atoms with Gasteiger partial charge in [-0.25, -0.2) is 4.98 Å². The van der Waals surface area contributed by atoms with E-state index in [0.29, 0.717) is 16.7 Å². The van der Waals surface area contributed by atoms with Crippen molar-refractivity contribution in [2.75, 3.05) is 0 Å². The average molecular weight is 503 g/mol. The summed E-state index contributed by atoms with van der Waals surface area (Å²) < 4.78 is 6.22. The zero-order valence-electron chi connectivity index (χ0n) is 20.8. The molecule has 3 aromatic rings. The van der Waals surface area contributed by atoms with E-state index in [1.807, 2.05) is 74.5 Å². The van der Waals surface area contributed by atoms with Crippen LogP contribution in [0.15, 0.2) is 77.4 Å². The number of hydrogen-bond donors (Lipinski definition) is 3. The van der Waals surface area contributed by atoms with E-state index in [1.54, 1.807) is 13.8 Å². The van der Waals surface area contributed by atoms with Crippen LogP contribution in [-0.2, 0) is 10.4 Å². The van der Waals surface area contributed by atoms with Crippen molar-refractivity contribution in [3.8, 4) is 22.9 Å². The highest BCUT2D eigenvalue weighted by molar-refractivity contribution is 8.15. The summed E-state index contributed by atoms with van der Waals surface area (Å²) >= 11 is 1.14. The number of hydrogen-bond acceptors (Lipinski definition) is 7. The summed E-state index contributed by atoms with van der Waals surface area (Å²) in [5.74, 6) is 5.79. The fourth-order valence-electron chi connectivity index (χ4n) is 4.37. The topological polar surface area (TPSA) is 110 Å². The van der Waals surface area contributed by atoms with Gasteiger partial charge < -0.3 is 21.0 Å². The number of amides is 1. The van der Waals surface area contributed by atoms with Crippen LogP contribution in [0.1, 0.15) is 50.3 Å². The molecule has 7 nitrogen and oxygen atoms in total. The van der Waals surface area contributed by atoms with Crippen LogP contribution in [0, 0.1) is 5.41 Å². The van der Waals surface area contributed by atoms with Crippen molar-refractivity contribution in [2.45, 2.75) is 39.2 Å². The van der Waals surface area contributed by atoms with Crippen molar-refractivity contribution >= 4 is 23.2 Å². The van der Waals surface area contributed by atoms with Crippen LogP contribution < -0.4 is 15.9 Å². The molecule has 1 aromatic heterocycles. The number of carbonyl (C=O) groups is 1. The van der Waals surface area contributed by atoms with Crippen molar-refractivity contribution in [1.29, 1.82) is 0 Å². The highest BCUT2D eigenvalue weighted by Crippen LogP contribution is 2.51. The Bertz CT molecular complexity index is 1330. The first-order chi connectivity index (χ1) is 17.0. The number of nitrogens with one attached hydrogen (secondary N) is 1. The number of pyridine rings is 1. The van der Waals surface area contributed by atoms with Crippen LogP contribution in [0.2, 0.25) is 0 Å². The van der Waals surface area contributed by atoms with Crippen molar-refractivity contribution in [3.63, 3.8) is 0 Å². The highest BCUT2D eigenvalue weighted by Gasteiger charge is 2.44. The summed E-state index contributed by atoms with van der Waals surface area (Å²) in [6.07, 6.45) is 0. The van der Waals surface area contributed by atoms with Crippen LogP contribution in [0.25, 0.3) is 11.3 Å². The lowest BCUT2D eigenvalue weighted by Gasteiger charge is -2.37. The van der Waals surface area contributed by atoms with Gasteiger partial charge in [0.1, 0.15) is 5.75 Å². The maximum atomic E-state index is 13.4. The number of hydrazone groups is 1. The third kappa shape index (κ3) is 5.01. The molecule has 4 rings (SSSR count). The minimum Gasteiger partial charge on any atom is -0.438 e. The van der Waals surface area contributed by atoms with Crippen molar-refractivity contribution in [3.05, 3.63) is 89.0 Å². The van der Waals surface area contributed by atoms with Gasteiger partial charge in [-0.2, -0.15) is 5.10 Å². The SMILES string of the molecule is C=C(NC(=O)C(C)(C)[C@H]1c2ccccc2Oc2nc(-c3ccc(C(C)(C)O)cc3)ccc21)S/C=N\N. The summed E-state index contributed by atoms with van der Waals surface area (Å²) in [7, 11) is 0. The highest BCUT2D eigenvalue weighted by atomic mass is 32.2. The number of thioether (sulfide) groups is 1. The molecule has 186 valence electrons. The molecule has 36 heavy (non-hydrogen) atoms. The Kier molecular flexibility index (Phi) is 6.93. The molecule has 2 heterocycles. The molecule has 0 fully saturated rings. The first-order valence-electron chi connectivity index (χ1n) is 11.5. The molecular weight excluding hydrogens is 472 g/mol. The number of carbonyl (C=O) groups excluding carboxylic acids is 1. The molecule has 0 aliphatic carbocycles. The first kappa shape index (κ1) is 25.5. The summed E-state index contributed by atoms with van der Waals surface area (Å²) in [6.45, 7) is 11.2. The number of aromatic nitrogens is 1. The minimum absolute atomic E-state index is 0.190. The van der Waals surface area contributed by atoms with Crippen LogP contribution in [0.3, 0.4) is 0 Å². The van der Waals surface area contributed by atoms with E-state index in [2.05, 4.69) is 17.0 Å². The summed E-state index contributed by atoms with van der Waals surface area (Å²) in [6, 6.07) is 19.3. The van der Waals surface area contributed by atoms with Crippen molar-refractivity contribution in [1.82, 2.24) is 10.3 Å². The van der Waals surface area contributed by atoms with Gasteiger partial charge >= 0.3 is 0 Å². The number of fused-ring (bicyclic) bond motifs is 2. The summed E-state index contributed by atoms with van der Waals surface area (Å²) in [4.78, 5) is 18.2. The fraction of sp³-hybridized carbons (Fsp3) is 0.250. The molecule has 8 heteroatoms. The molecule has 0 saturated carbocycles. The van der Waals surface area contributed by atoms with Gasteiger partial charge in [0.15, 0.2) is 0 Å². The molecule has 1 amide bonds. The van der Waals surface area contributed by atoms with E-state index in [4.69, 9.17) is 15.6 Å². The Morgan fingerprint density at radius 3 is 2.47 bits per heavy atom. The molecule has 0 saturated heterocycles. The lowest BCUT2D eigenvalue weighted by Crippen LogP contribution is -2.41. The standard InChI is InChI=1S/C28H30N4O3S/c1-17(36-16-30-29)31-26(33)27(2,3)24-20-8-6-7-9-23(20)35-25-21(24)14-15-22(32-25)18-10-12-19(13-11-18)28(4,5)34/h6-16,24,34H,1,29H2,2-5H3,(H,31,33)/b30-16-/t24-/m0/s1. The van der Waals surface area contributed by atoms with E-state index in [9.17, 15) is 9.90 Å². The second kappa shape index (κ2) is 9.79. The number of ether oxygens (including phenoxy) is 1. The Balaban J connectivity index is 1.72. The van der Waals surface area contributed by atoms with E-state index in [-0.39, 0.29) is 11.8 Å². The Morgan fingerprint density at radius 1 is 1.11 bits per heavy atom. The quantitative estimate of drug-likeness (QED) is 0.171. The third-order valence-electron chi connectivity index (χ3n) is 6.34. The summed E-state index contributed by atoms with van der Waals surface area (Å²) in [5.41, 5.74) is 3.82. The minimum atomic E-state index is -0.922.